The minimum Gasteiger partial charge on any atom is -0.443 e. The molecule has 0 aliphatic rings. The first kappa shape index (κ1) is 13.5. The van der Waals surface area contributed by atoms with Gasteiger partial charge in [-0.3, -0.25) is 9.36 Å². The van der Waals surface area contributed by atoms with Crippen molar-refractivity contribution in [2.75, 3.05) is 0 Å². The number of rotatable bonds is 2. The van der Waals surface area contributed by atoms with Crippen LogP contribution in [0.5, 0.6) is 0 Å². The molecule has 0 spiro atoms. The van der Waals surface area contributed by atoms with Gasteiger partial charge < -0.3 is 4.42 Å². The lowest BCUT2D eigenvalue weighted by Crippen LogP contribution is -2.16. The average molecular weight is 303 g/mol. The molecule has 0 N–H and O–H groups in total. The van der Waals surface area contributed by atoms with Gasteiger partial charge in [0.25, 0.3) is 0 Å². The number of para-hydroxylation sites is 1. The van der Waals surface area contributed by atoms with Gasteiger partial charge in [0.05, 0.1) is 11.6 Å². The van der Waals surface area contributed by atoms with Gasteiger partial charge in [0, 0.05) is 17.4 Å². The summed E-state index contributed by atoms with van der Waals surface area (Å²) in [5, 5.41) is 0.573. The molecule has 0 aliphatic carbocycles. The molecule has 4 rings (SSSR count). The predicted molar refractivity (Wildman–Crippen MR) is 87.6 cm³/mol. The smallest absolute Gasteiger partial charge is 0.243 e. The second-order valence-electron chi connectivity index (χ2n) is 5.19. The van der Waals surface area contributed by atoms with Crippen LogP contribution in [0.25, 0.3) is 28.3 Å². The van der Waals surface area contributed by atoms with E-state index in [4.69, 9.17) is 4.42 Å². The van der Waals surface area contributed by atoms with Crippen LogP contribution in [0.1, 0.15) is 5.56 Å². The first-order valence-electron chi connectivity index (χ1n) is 7.23. The van der Waals surface area contributed by atoms with Gasteiger partial charge in [-0.15, -0.1) is 0 Å². The summed E-state index contributed by atoms with van der Waals surface area (Å²) in [4.78, 5) is 21.4. The summed E-state index contributed by atoms with van der Waals surface area (Å²) in [5.41, 5.74) is 2.62. The van der Waals surface area contributed by atoms with E-state index in [2.05, 4.69) is 9.97 Å². The van der Waals surface area contributed by atoms with Crippen molar-refractivity contribution in [3.63, 3.8) is 0 Å². The van der Waals surface area contributed by atoms with Gasteiger partial charge in [-0.1, -0.05) is 18.2 Å². The Morgan fingerprint density at radius 1 is 1.00 bits per heavy atom. The van der Waals surface area contributed by atoms with Crippen LogP contribution in [0.4, 0.5) is 0 Å². The predicted octanol–water partition coefficient (Wildman–Crippen LogP) is 3.35. The van der Waals surface area contributed by atoms with E-state index in [0.29, 0.717) is 28.2 Å². The third kappa shape index (κ3) is 2.05. The van der Waals surface area contributed by atoms with E-state index in [9.17, 15) is 4.79 Å². The van der Waals surface area contributed by atoms with Crippen LogP contribution in [-0.4, -0.2) is 14.5 Å². The van der Waals surface area contributed by atoms with Crippen LogP contribution in [0.2, 0.25) is 0 Å². The number of pyridine rings is 2. The molecule has 0 bridgehead atoms. The molecule has 0 saturated heterocycles. The van der Waals surface area contributed by atoms with E-state index in [1.807, 2.05) is 34.9 Å². The number of nitrogens with zero attached hydrogens (tertiary/aromatic N) is 3. The van der Waals surface area contributed by atoms with Crippen LogP contribution in [0, 0.1) is 6.92 Å². The molecule has 4 aromatic rings. The zero-order valence-electron chi connectivity index (χ0n) is 12.4. The Morgan fingerprint density at radius 2 is 1.83 bits per heavy atom. The largest absolute Gasteiger partial charge is 0.443 e. The molecule has 0 radical (unpaired) electrons. The molecule has 112 valence electrons. The number of benzene rings is 1. The van der Waals surface area contributed by atoms with Crippen molar-refractivity contribution in [3.8, 4) is 17.3 Å². The van der Waals surface area contributed by atoms with Crippen molar-refractivity contribution < 1.29 is 4.42 Å². The molecule has 5 nitrogen and oxygen atoms in total. The molecule has 23 heavy (non-hydrogen) atoms. The van der Waals surface area contributed by atoms with Crippen LogP contribution < -0.4 is 5.43 Å². The first-order valence-corrected chi connectivity index (χ1v) is 7.23. The highest BCUT2D eigenvalue weighted by Gasteiger charge is 2.20. The van der Waals surface area contributed by atoms with Crippen molar-refractivity contribution >= 4 is 11.0 Å². The summed E-state index contributed by atoms with van der Waals surface area (Å²) in [6, 6.07) is 13.3. The van der Waals surface area contributed by atoms with E-state index in [1.54, 1.807) is 31.5 Å². The highest BCUT2D eigenvalue weighted by Crippen LogP contribution is 2.27. The van der Waals surface area contributed by atoms with Crippen molar-refractivity contribution in [2.24, 2.45) is 0 Å². The Kier molecular flexibility index (Phi) is 3.05. The molecular weight excluding hydrogens is 290 g/mol. The number of aromatic nitrogens is 3. The van der Waals surface area contributed by atoms with Crippen LogP contribution in [0.15, 0.2) is 70.3 Å². The molecule has 0 amide bonds. The van der Waals surface area contributed by atoms with E-state index in [1.165, 1.54) is 6.26 Å². The second-order valence-corrected chi connectivity index (χ2v) is 5.19. The first-order chi connectivity index (χ1) is 11.3. The van der Waals surface area contributed by atoms with E-state index >= 15 is 0 Å². The Balaban J connectivity index is 2.24. The molecule has 0 unspecified atom stereocenters. The second kappa shape index (κ2) is 5.21. The number of hydrogen-bond acceptors (Lipinski definition) is 4. The van der Waals surface area contributed by atoms with E-state index in [0.717, 1.165) is 5.69 Å². The van der Waals surface area contributed by atoms with Gasteiger partial charge in [0.1, 0.15) is 17.6 Å². The number of fused-ring (bicyclic) bond motifs is 1. The lowest BCUT2D eigenvalue weighted by atomic mass is 10.1. The zero-order chi connectivity index (χ0) is 15.8. The van der Waals surface area contributed by atoms with Crippen molar-refractivity contribution in [3.05, 3.63) is 76.9 Å². The van der Waals surface area contributed by atoms with Gasteiger partial charge in [-0.05, 0) is 31.2 Å². The van der Waals surface area contributed by atoms with Gasteiger partial charge >= 0.3 is 0 Å². The fourth-order valence-corrected chi connectivity index (χ4v) is 2.76. The highest BCUT2D eigenvalue weighted by molar-refractivity contribution is 5.82. The van der Waals surface area contributed by atoms with Crippen molar-refractivity contribution in [1.29, 1.82) is 0 Å². The Bertz CT molecular complexity index is 1040. The maximum absolute atomic E-state index is 12.7. The number of hydrogen-bond donors (Lipinski definition) is 0. The standard InChI is InChI=1S/C18H13N3O2/c1-12-15(18-20-10-11-23-18)21(13-6-3-2-4-7-13)17-14(16(12)22)8-5-9-19-17/h2-11H,1H3. The fraction of sp³-hybridized carbons (Fsp3) is 0.0556. The summed E-state index contributed by atoms with van der Waals surface area (Å²) in [5.74, 6) is 0.399. The lowest BCUT2D eigenvalue weighted by Gasteiger charge is -2.16. The Labute approximate surface area is 131 Å². The molecule has 0 fully saturated rings. The van der Waals surface area contributed by atoms with Gasteiger partial charge in [-0.25, -0.2) is 9.97 Å². The quantitative estimate of drug-likeness (QED) is 0.570. The highest BCUT2D eigenvalue weighted by atomic mass is 16.3. The minimum atomic E-state index is -0.0616. The summed E-state index contributed by atoms with van der Waals surface area (Å²) in [6.45, 7) is 1.79. The van der Waals surface area contributed by atoms with Gasteiger partial charge in [0.2, 0.25) is 5.89 Å². The third-order valence-corrected chi connectivity index (χ3v) is 3.81. The Morgan fingerprint density at radius 3 is 2.57 bits per heavy atom. The SMILES string of the molecule is Cc1c(-c2ncco2)n(-c2ccccc2)c2ncccc2c1=O. The maximum atomic E-state index is 12.7. The molecule has 0 saturated carbocycles. The fourth-order valence-electron chi connectivity index (χ4n) is 2.76. The molecule has 5 heteroatoms. The monoisotopic (exact) mass is 303 g/mol. The molecular formula is C18H13N3O2. The summed E-state index contributed by atoms with van der Waals surface area (Å²) >= 11 is 0. The summed E-state index contributed by atoms with van der Waals surface area (Å²) in [7, 11) is 0. The average Bonchev–Trinajstić information content (AvgIpc) is 3.13. The van der Waals surface area contributed by atoms with E-state index < -0.39 is 0 Å². The van der Waals surface area contributed by atoms with Crippen LogP contribution in [-0.2, 0) is 0 Å². The number of oxazole rings is 1. The molecule has 1 aromatic carbocycles. The van der Waals surface area contributed by atoms with Crippen molar-refractivity contribution in [1.82, 2.24) is 14.5 Å². The van der Waals surface area contributed by atoms with Gasteiger partial charge in [-0.2, -0.15) is 0 Å². The summed E-state index contributed by atoms with van der Waals surface area (Å²) in [6.07, 6.45) is 4.74. The van der Waals surface area contributed by atoms with Crippen LogP contribution >= 0.6 is 0 Å². The maximum Gasteiger partial charge on any atom is 0.243 e. The summed E-state index contributed by atoms with van der Waals surface area (Å²) < 4.78 is 7.38. The molecule has 3 aromatic heterocycles. The molecule has 0 atom stereocenters. The van der Waals surface area contributed by atoms with Gasteiger partial charge in [0.15, 0.2) is 5.43 Å². The van der Waals surface area contributed by atoms with E-state index in [-0.39, 0.29) is 5.43 Å². The minimum absolute atomic E-state index is 0.0616. The van der Waals surface area contributed by atoms with Crippen molar-refractivity contribution in [2.45, 2.75) is 6.92 Å². The lowest BCUT2D eigenvalue weighted by molar-refractivity contribution is 0.569. The topological polar surface area (TPSA) is 60.9 Å². The third-order valence-electron chi connectivity index (χ3n) is 3.81. The normalized spacial score (nSPS) is 11.0. The molecule has 0 aliphatic heterocycles. The zero-order valence-corrected chi connectivity index (χ0v) is 12.4. The molecule has 3 heterocycles. The van der Waals surface area contributed by atoms with Crippen LogP contribution in [0.3, 0.4) is 0 Å². The Hall–Kier alpha value is -3.21.